The number of hydrogen-bond acceptors (Lipinski definition) is 5. The zero-order valence-corrected chi connectivity index (χ0v) is 13.3. The Morgan fingerprint density at radius 3 is 2.80 bits per heavy atom. The quantitative estimate of drug-likeness (QED) is 0.531. The van der Waals surface area contributed by atoms with E-state index in [0.717, 1.165) is 11.4 Å². The van der Waals surface area contributed by atoms with Gasteiger partial charge in [0.25, 0.3) is 5.91 Å². The van der Waals surface area contributed by atoms with E-state index < -0.39 is 0 Å². The molecule has 3 N–H and O–H groups in total. The van der Waals surface area contributed by atoms with Crippen molar-refractivity contribution in [2.45, 2.75) is 6.92 Å². The Labute approximate surface area is 142 Å². The van der Waals surface area contributed by atoms with Crippen molar-refractivity contribution >= 4 is 11.6 Å². The van der Waals surface area contributed by atoms with Gasteiger partial charge in [0.2, 0.25) is 0 Å². The van der Waals surface area contributed by atoms with Gasteiger partial charge in [-0.15, -0.1) is 0 Å². The number of aryl methyl sites for hydroxylation is 1. The van der Waals surface area contributed by atoms with Crippen LogP contribution in [0.5, 0.6) is 0 Å². The molecule has 0 aliphatic rings. The molecule has 0 fully saturated rings. The molecule has 3 heterocycles. The monoisotopic (exact) mass is 334 g/mol. The summed E-state index contributed by atoms with van der Waals surface area (Å²) in [6, 6.07) is 12.5. The van der Waals surface area contributed by atoms with Crippen LogP contribution in [0.2, 0.25) is 0 Å². The Morgan fingerprint density at radius 1 is 1.12 bits per heavy atom. The summed E-state index contributed by atoms with van der Waals surface area (Å²) in [6.07, 6.45) is 1.56. The van der Waals surface area contributed by atoms with Crippen LogP contribution in [0.3, 0.4) is 0 Å². The first-order valence-corrected chi connectivity index (χ1v) is 7.59. The maximum Gasteiger partial charge on any atom is 0.276 e. The predicted molar refractivity (Wildman–Crippen MR) is 90.8 cm³/mol. The Bertz CT molecular complexity index is 1020. The van der Waals surface area contributed by atoms with E-state index in [-0.39, 0.29) is 11.6 Å². The van der Waals surface area contributed by atoms with Crippen LogP contribution >= 0.6 is 0 Å². The highest BCUT2D eigenvalue weighted by molar-refractivity contribution is 6.03. The van der Waals surface area contributed by atoms with E-state index in [2.05, 4.69) is 30.7 Å². The van der Waals surface area contributed by atoms with Crippen molar-refractivity contribution in [2.24, 2.45) is 0 Å². The summed E-state index contributed by atoms with van der Waals surface area (Å²) >= 11 is 0. The highest BCUT2D eigenvalue weighted by atomic mass is 16.3. The van der Waals surface area contributed by atoms with Crippen LogP contribution in [0.25, 0.3) is 22.8 Å². The van der Waals surface area contributed by atoms with Gasteiger partial charge in [-0.3, -0.25) is 15.0 Å². The third-order valence-electron chi connectivity index (χ3n) is 3.57. The predicted octanol–water partition coefficient (Wildman–Crippen LogP) is 3.02. The number of amides is 1. The van der Waals surface area contributed by atoms with Crippen molar-refractivity contribution < 1.29 is 9.21 Å². The number of aromatic amines is 2. The minimum absolute atomic E-state index is 0.269. The molecule has 3 aromatic heterocycles. The second-order valence-corrected chi connectivity index (χ2v) is 5.42. The molecular weight excluding hydrogens is 320 g/mol. The average molecular weight is 334 g/mol. The molecule has 0 atom stereocenters. The minimum Gasteiger partial charge on any atom is -0.463 e. The number of nitrogens with zero attached hydrogens (tertiary/aromatic N) is 3. The molecule has 8 nitrogen and oxygen atoms in total. The summed E-state index contributed by atoms with van der Waals surface area (Å²) < 4.78 is 5.28. The first-order chi connectivity index (χ1) is 12.2. The van der Waals surface area contributed by atoms with Gasteiger partial charge in [0, 0.05) is 17.3 Å². The Balaban J connectivity index is 1.53. The van der Waals surface area contributed by atoms with Crippen LogP contribution in [0.1, 0.15) is 16.3 Å². The number of rotatable bonds is 4. The molecular formula is C17H14N6O2. The lowest BCUT2D eigenvalue weighted by Crippen LogP contribution is -2.12. The van der Waals surface area contributed by atoms with Gasteiger partial charge in [-0.1, -0.05) is 12.1 Å². The van der Waals surface area contributed by atoms with Crippen molar-refractivity contribution in [2.75, 3.05) is 5.32 Å². The van der Waals surface area contributed by atoms with E-state index in [1.165, 1.54) is 0 Å². The van der Waals surface area contributed by atoms with Crippen LogP contribution in [0, 0.1) is 6.92 Å². The second kappa shape index (κ2) is 6.08. The summed E-state index contributed by atoms with van der Waals surface area (Å²) in [5, 5.41) is 16.5. The first-order valence-electron chi connectivity index (χ1n) is 7.59. The zero-order valence-electron chi connectivity index (χ0n) is 13.3. The van der Waals surface area contributed by atoms with E-state index in [9.17, 15) is 4.79 Å². The number of aromatic nitrogens is 5. The van der Waals surface area contributed by atoms with Gasteiger partial charge in [0.05, 0.1) is 6.26 Å². The van der Waals surface area contributed by atoms with E-state index >= 15 is 0 Å². The van der Waals surface area contributed by atoms with Gasteiger partial charge >= 0.3 is 0 Å². The number of carbonyl (C=O) groups excluding carboxylic acids is 1. The molecule has 4 aromatic rings. The van der Waals surface area contributed by atoms with Crippen molar-refractivity contribution in [3.05, 3.63) is 60.2 Å². The van der Waals surface area contributed by atoms with Crippen molar-refractivity contribution in [3.63, 3.8) is 0 Å². The van der Waals surface area contributed by atoms with Crippen molar-refractivity contribution in [1.29, 1.82) is 0 Å². The number of anilines is 1. The molecule has 0 radical (unpaired) electrons. The smallest absolute Gasteiger partial charge is 0.276 e. The third-order valence-corrected chi connectivity index (χ3v) is 3.57. The summed E-state index contributed by atoms with van der Waals surface area (Å²) in [6.45, 7) is 1.83. The van der Waals surface area contributed by atoms with Gasteiger partial charge in [-0.25, -0.2) is 4.98 Å². The lowest BCUT2D eigenvalue weighted by molar-refractivity contribution is 0.102. The first kappa shape index (κ1) is 14.9. The number of carbonyl (C=O) groups is 1. The van der Waals surface area contributed by atoms with E-state index in [0.29, 0.717) is 23.0 Å². The number of furan rings is 1. The van der Waals surface area contributed by atoms with Crippen LogP contribution in [0.4, 0.5) is 5.69 Å². The average Bonchev–Trinajstić information content (AvgIpc) is 3.36. The van der Waals surface area contributed by atoms with Crippen molar-refractivity contribution in [1.82, 2.24) is 25.4 Å². The number of H-pyrrole nitrogens is 2. The van der Waals surface area contributed by atoms with Gasteiger partial charge in [0.15, 0.2) is 17.3 Å². The van der Waals surface area contributed by atoms with E-state index in [1.54, 1.807) is 36.6 Å². The molecule has 0 aliphatic carbocycles. The van der Waals surface area contributed by atoms with E-state index in [1.807, 2.05) is 19.1 Å². The molecule has 8 heteroatoms. The third kappa shape index (κ3) is 3.05. The number of benzene rings is 1. The van der Waals surface area contributed by atoms with Crippen molar-refractivity contribution in [3.8, 4) is 22.8 Å². The highest BCUT2D eigenvalue weighted by Gasteiger charge is 2.13. The molecule has 0 aliphatic heterocycles. The van der Waals surface area contributed by atoms with Gasteiger partial charge < -0.3 is 9.73 Å². The Morgan fingerprint density at radius 2 is 2.04 bits per heavy atom. The van der Waals surface area contributed by atoms with Gasteiger partial charge in [-0.05, 0) is 31.2 Å². The normalized spacial score (nSPS) is 10.8. The topological polar surface area (TPSA) is 112 Å². The Kier molecular flexibility index (Phi) is 3.62. The van der Waals surface area contributed by atoms with Crippen LogP contribution in [-0.4, -0.2) is 31.3 Å². The van der Waals surface area contributed by atoms with Gasteiger partial charge in [-0.2, -0.15) is 10.2 Å². The lowest BCUT2D eigenvalue weighted by atomic mass is 10.2. The van der Waals surface area contributed by atoms with Crippen LogP contribution < -0.4 is 5.32 Å². The molecule has 1 aromatic carbocycles. The fraction of sp³-hybridized carbons (Fsp3) is 0.0588. The molecule has 25 heavy (non-hydrogen) atoms. The summed E-state index contributed by atoms with van der Waals surface area (Å²) in [5.41, 5.74) is 2.35. The minimum atomic E-state index is -0.322. The standard InChI is InChI=1S/C17H14N6O2/c1-10-18-16(23-20-10)11-4-2-5-12(8-11)19-17(24)14-9-13(21-22-14)15-6-3-7-25-15/h2-9H,1H3,(H,19,24)(H,21,22)(H,18,20,23). The zero-order chi connectivity index (χ0) is 17.2. The fourth-order valence-electron chi connectivity index (χ4n) is 2.40. The summed E-state index contributed by atoms with van der Waals surface area (Å²) in [5.74, 6) is 1.60. The fourth-order valence-corrected chi connectivity index (χ4v) is 2.40. The lowest BCUT2D eigenvalue weighted by Gasteiger charge is -2.04. The SMILES string of the molecule is Cc1nc(-c2cccc(NC(=O)c3cc(-c4ccco4)[nH]n3)c2)n[nH]1. The number of hydrogen-bond donors (Lipinski definition) is 3. The van der Waals surface area contributed by atoms with Gasteiger partial charge in [0.1, 0.15) is 11.5 Å². The molecule has 4 rings (SSSR count). The van der Waals surface area contributed by atoms with E-state index in [4.69, 9.17) is 4.42 Å². The Hall–Kier alpha value is -3.68. The molecule has 124 valence electrons. The van der Waals surface area contributed by atoms with Crippen LogP contribution in [-0.2, 0) is 0 Å². The van der Waals surface area contributed by atoms with Crippen LogP contribution in [0.15, 0.2) is 53.1 Å². The largest absolute Gasteiger partial charge is 0.463 e. The molecule has 0 unspecified atom stereocenters. The highest BCUT2D eigenvalue weighted by Crippen LogP contribution is 2.21. The maximum absolute atomic E-state index is 12.4. The molecule has 0 bridgehead atoms. The molecule has 0 saturated carbocycles. The molecule has 0 spiro atoms. The molecule has 1 amide bonds. The molecule has 0 saturated heterocycles. The number of nitrogens with one attached hydrogen (secondary N) is 3. The maximum atomic E-state index is 12.4. The summed E-state index contributed by atoms with van der Waals surface area (Å²) in [4.78, 5) is 16.7. The second-order valence-electron chi connectivity index (χ2n) is 5.42. The summed E-state index contributed by atoms with van der Waals surface area (Å²) in [7, 11) is 0.